The van der Waals surface area contributed by atoms with Crippen LogP contribution in [0.4, 0.5) is 0 Å². The molecule has 6 nitrogen and oxygen atoms in total. The summed E-state index contributed by atoms with van der Waals surface area (Å²) in [5.74, 6) is -0.0600. The van der Waals surface area contributed by atoms with Crippen LogP contribution in [0.25, 0.3) is 5.69 Å². The molecule has 6 heteroatoms. The predicted molar refractivity (Wildman–Crippen MR) is 99.8 cm³/mol. The molecule has 2 N–H and O–H groups in total. The molecule has 1 aromatic heterocycles. The number of para-hydroxylation sites is 1. The van der Waals surface area contributed by atoms with Crippen LogP contribution in [0.15, 0.2) is 42.7 Å². The molecule has 1 atom stereocenters. The second-order valence-electron chi connectivity index (χ2n) is 6.88. The first kappa shape index (κ1) is 18.2. The van der Waals surface area contributed by atoms with E-state index in [0.717, 1.165) is 36.9 Å². The predicted octanol–water partition coefficient (Wildman–Crippen LogP) is 2.23. The lowest BCUT2D eigenvalue weighted by Crippen LogP contribution is -2.46. The molecule has 1 aromatic carbocycles. The molecule has 0 spiro atoms. The number of nitrogens with one attached hydrogen (secondary N) is 2. The largest absolute Gasteiger partial charge is 0.354 e. The Kier molecular flexibility index (Phi) is 6.04. The highest BCUT2D eigenvalue weighted by atomic mass is 16.2. The Morgan fingerprint density at radius 1 is 1.23 bits per heavy atom. The molecule has 3 rings (SSSR count). The van der Waals surface area contributed by atoms with Crippen molar-refractivity contribution in [2.45, 2.75) is 45.1 Å². The van der Waals surface area contributed by atoms with E-state index in [1.807, 2.05) is 47.4 Å². The maximum absolute atomic E-state index is 12.2. The first-order valence-corrected chi connectivity index (χ1v) is 9.30. The van der Waals surface area contributed by atoms with Crippen LogP contribution in [0.2, 0.25) is 0 Å². The zero-order chi connectivity index (χ0) is 18.4. The standard InChI is InChI=1S/C20H26N4O2/c1-15(23-20(26)17-7-5-6-8-17)19(25)21-12-11-16-13-22-24(14-16)18-9-3-2-4-10-18/h2-4,9-10,13-15,17H,5-8,11-12H2,1H3,(H,21,25)(H,23,26)/t15-/m1/s1. The van der Waals surface area contributed by atoms with Crippen LogP contribution in [-0.4, -0.2) is 34.2 Å². The van der Waals surface area contributed by atoms with E-state index in [9.17, 15) is 9.59 Å². The van der Waals surface area contributed by atoms with Crippen LogP contribution in [0.5, 0.6) is 0 Å². The molecule has 1 aliphatic carbocycles. The SMILES string of the molecule is C[C@@H](NC(=O)C1CCCC1)C(=O)NCCc1cnn(-c2ccccc2)c1. The average Bonchev–Trinajstić information content (AvgIpc) is 3.34. The summed E-state index contributed by atoms with van der Waals surface area (Å²) in [5.41, 5.74) is 2.06. The van der Waals surface area contributed by atoms with Gasteiger partial charge in [0.15, 0.2) is 0 Å². The van der Waals surface area contributed by atoms with Crippen molar-refractivity contribution in [1.82, 2.24) is 20.4 Å². The van der Waals surface area contributed by atoms with Gasteiger partial charge in [0.05, 0.1) is 11.9 Å². The van der Waals surface area contributed by atoms with Crippen molar-refractivity contribution in [3.05, 3.63) is 48.3 Å². The summed E-state index contributed by atoms with van der Waals surface area (Å²) in [6.45, 7) is 2.25. The third kappa shape index (κ3) is 4.71. The van der Waals surface area contributed by atoms with E-state index in [4.69, 9.17) is 0 Å². The molecule has 0 unspecified atom stereocenters. The fourth-order valence-corrected chi connectivity index (χ4v) is 3.28. The van der Waals surface area contributed by atoms with E-state index in [1.165, 1.54) is 0 Å². The Morgan fingerprint density at radius 3 is 2.69 bits per heavy atom. The van der Waals surface area contributed by atoms with Crippen LogP contribution in [0.3, 0.4) is 0 Å². The molecule has 0 aliphatic heterocycles. The van der Waals surface area contributed by atoms with Gasteiger partial charge in [0.1, 0.15) is 6.04 Å². The maximum atomic E-state index is 12.2. The summed E-state index contributed by atoms with van der Waals surface area (Å²) in [4.78, 5) is 24.3. The number of amides is 2. The van der Waals surface area contributed by atoms with Gasteiger partial charge in [-0.05, 0) is 43.9 Å². The third-order valence-corrected chi connectivity index (χ3v) is 4.85. The van der Waals surface area contributed by atoms with Gasteiger partial charge in [-0.15, -0.1) is 0 Å². The minimum absolute atomic E-state index is 0.00860. The smallest absolute Gasteiger partial charge is 0.242 e. The molecule has 2 amide bonds. The number of hydrogen-bond donors (Lipinski definition) is 2. The normalized spacial score (nSPS) is 15.6. The number of carbonyl (C=O) groups excluding carboxylic acids is 2. The van der Waals surface area contributed by atoms with Gasteiger partial charge in [0.25, 0.3) is 0 Å². The van der Waals surface area contributed by atoms with E-state index in [2.05, 4.69) is 15.7 Å². The number of hydrogen-bond acceptors (Lipinski definition) is 3. The van der Waals surface area contributed by atoms with Gasteiger partial charge in [0.2, 0.25) is 11.8 Å². The summed E-state index contributed by atoms with van der Waals surface area (Å²) < 4.78 is 1.82. The van der Waals surface area contributed by atoms with Crippen molar-refractivity contribution < 1.29 is 9.59 Å². The van der Waals surface area contributed by atoms with Gasteiger partial charge in [-0.3, -0.25) is 9.59 Å². The number of carbonyl (C=O) groups is 2. The molecule has 26 heavy (non-hydrogen) atoms. The summed E-state index contributed by atoms with van der Waals surface area (Å²) >= 11 is 0. The number of rotatable bonds is 7. The van der Waals surface area contributed by atoms with Crippen LogP contribution in [0, 0.1) is 5.92 Å². The van der Waals surface area contributed by atoms with E-state index >= 15 is 0 Å². The molecule has 0 radical (unpaired) electrons. The molecule has 0 saturated heterocycles. The van der Waals surface area contributed by atoms with Gasteiger partial charge in [-0.25, -0.2) is 4.68 Å². The fourth-order valence-electron chi connectivity index (χ4n) is 3.28. The van der Waals surface area contributed by atoms with Crippen molar-refractivity contribution in [2.75, 3.05) is 6.54 Å². The minimum Gasteiger partial charge on any atom is -0.354 e. The highest BCUT2D eigenvalue weighted by Crippen LogP contribution is 2.24. The zero-order valence-corrected chi connectivity index (χ0v) is 15.1. The van der Waals surface area contributed by atoms with Gasteiger partial charge in [0, 0.05) is 18.7 Å². The molecule has 1 aliphatic rings. The lowest BCUT2D eigenvalue weighted by molar-refractivity contribution is -0.130. The van der Waals surface area contributed by atoms with E-state index in [1.54, 1.807) is 6.92 Å². The lowest BCUT2D eigenvalue weighted by atomic mass is 10.1. The van der Waals surface area contributed by atoms with Gasteiger partial charge < -0.3 is 10.6 Å². The summed E-state index contributed by atoms with van der Waals surface area (Å²) in [6.07, 6.45) is 8.56. The Hall–Kier alpha value is -2.63. The molecular formula is C20H26N4O2. The van der Waals surface area contributed by atoms with Crippen LogP contribution in [0.1, 0.15) is 38.2 Å². The molecular weight excluding hydrogens is 328 g/mol. The van der Waals surface area contributed by atoms with Crippen LogP contribution >= 0.6 is 0 Å². The second kappa shape index (κ2) is 8.65. The lowest BCUT2D eigenvalue weighted by Gasteiger charge is -2.16. The second-order valence-corrected chi connectivity index (χ2v) is 6.88. The van der Waals surface area contributed by atoms with E-state index in [-0.39, 0.29) is 17.7 Å². The quantitative estimate of drug-likeness (QED) is 0.800. The fraction of sp³-hybridized carbons (Fsp3) is 0.450. The van der Waals surface area contributed by atoms with Gasteiger partial charge >= 0.3 is 0 Å². The summed E-state index contributed by atoms with van der Waals surface area (Å²) in [6, 6.07) is 9.39. The molecule has 1 saturated carbocycles. The third-order valence-electron chi connectivity index (χ3n) is 4.85. The monoisotopic (exact) mass is 354 g/mol. The minimum atomic E-state index is -0.504. The van der Waals surface area contributed by atoms with E-state index < -0.39 is 6.04 Å². The average molecular weight is 354 g/mol. The van der Waals surface area contributed by atoms with Crippen molar-refractivity contribution >= 4 is 11.8 Å². The van der Waals surface area contributed by atoms with Gasteiger partial charge in [-0.1, -0.05) is 31.0 Å². The highest BCUT2D eigenvalue weighted by Gasteiger charge is 2.25. The first-order valence-electron chi connectivity index (χ1n) is 9.30. The summed E-state index contributed by atoms with van der Waals surface area (Å²) in [5, 5.41) is 10.1. The Labute approximate surface area is 154 Å². The van der Waals surface area contributed by atoms with Crippen molar-refractivity contribution in [1.29, 1.82) is 0 Å². The van der Waals surface area contributed by atoms with Gasteiger partial charge in [-0.2, -0.15) is 5.10 Å². The maximum Gasteiger partial charge on any atom is 0.242 e. The Bertz CT molecular complexity index is 735. The van der Waals surface area contributed by atoms with E-state index in [0.29, 0.717) is 13.0 Å². The Balaban J connectivity index is 1.42. The summed E-state index contributed by atoms with van der Waals surface area (Å²) in [7, 11) is 0. The number of nitrogens with zero attached hydrogens (tertiary/aromatic N) is 2. The Morgan fingerprint density at radius 2 is 1.96 bits per heavy atom. The molecule has 138 valence electrons. The number of benzene rings is 1. The van der Waals surface area contributed by atoms with Crippen LogP contribution in [-0.2, 0) is 16.0 Å². The van der Waals surface area contributed by atoms with Crippen molar-refractivity contribution in [3.63, 3.8) is 0 Å². The van der Waals surface area contributed by atoms with Crippen molar-refractivity contribution in [3.8, 4) is 5.69 Å². The number of aromatic nitrogens is 2. The molecule has 1 heterocycles. The van der Waals surface area contributed by atoms with Crippen molar-refractivity contribution in [2.24, 2.45) is 5.92 Å². The molecule has 2 aromatic rings. The molecule has 0 bridgehead atoms. The zero-order valence-electron chi connectivity index (χ0n) is 15.1. The first-order chi connectivity index (χ1) is 12.6. The highest BCUT2D eigenvalue weighted by molar-refractivity contribution is 5.88. The molecule has 1 fully saturated rings. The van der Waals surface area contributed by atoms with Crippen LogP contribution < -0.4 is 10.6 Å². The topological polar surface area (TPSA) is 76.0 Å².